The van der Waals surface area contributed by atoms with Gasteiger partial charge in [0.2, 0.25) is 0 Å². The summed E-state index contributed by atoms with van der Waals surface area (Å²) in [6, 6.07) is 11.1. The van der Waals surface area contributed by atoms with Crippen LogP contribution in [0.5, 0.6) is 0 Å². The number of nitrogens with zero attached hydrogens (tertiary/aromatic N) is 2. The molecule has 1 atom stereocenters. The highest BCUT2D eigenvalue weighted by Crippen LogP contribution is 2.28. The maximum absolute atomic E-state index is 10.5. The molecule has 2 heterocycles. The van der Waals surface area contributed by atoms with Gasteiger partial charge in [-0.2, -0.15) is 0 Å². The molecule has 3 aromatic rings. The van der Waals surface area contributed by atoms with E-state index in [1.54, 1.807) is 30.7 Å². The van der Waals surface area contributed by atoms with Gasteiger partial charge in [-0.1, -0.05) is 29.8 Å². The molecule has 3 nitrogen and oxygen atoms in total. The summed E-state index contributed by atoms with van der Waals surface area (Å²) in [7, 11) is 0. The molecule has 94 valence electrons. The molecule has 0 aliphatic rings. The predicted molar refractivity (Wildman–Crippen MR) is 75.1 cm³/mol. The van der Waals surface area contributed by atoms with Gasteiger partial charge in [-0.25, -0.2) is 4.98 Å². The van der Waals surface area contributed by atoms with Gasteiger partial charge in [-0.05, 0) is 34.7 Å². The van der Waals surface area contributed by atoms with Gasteiger partial charge in [0.05, 0.1) is 0 Å². The second-order valence-electron chi connectivity index (χ2n) is 4.26. The number of aromatic nitrogens is 2. The molecule has 19 heavy (non-hydrogen) atoms. The Morgan fingerprint density at radius 1 is 1.11 bits per heavy atom. The lowest BCUT2D eigenvalue weighted by molar-refractivity contribution is 0.222. The highest BCUT2D eigenvalue weighted by Gasteiger charge is 2.13. The van der Waals surface area contributed by atoms with Crippen molar-refractivity contribution >= 4 is 22.4 Å². The van der Waals surface area contributed by atoms with Crippen molar-refractivity contribution in [1.29, 1.82) is 0 Å². The summed E-state index contributed by atoms with van der Waals surface area (Å²) >= 11 is 5.86. The SMILES string of the molecule is OC(c1ccnc(Cl)c1)c1cccc2cnccc12. The monoisotopic (exact) mass is 270 g/mol. The first-order valence-electron chi connectivity index (χ1n) is 5.88. The van der Waals surface area contributed by atoms with Crippen molar-refractivity contribution in [3.63, 3.8) is 0 Å². The van der Waals surface area contributed by atoms with Crippen LogP contribution in [-0.4, -0.2) is 15.1 Å². The molecule has 1 N–H and O–H groups in total. The molecule has 4 heteroatoms. The van der Waals surface area contributed by atoms with E-state index < -0.39 is 6.10 Å². The predicted octanol–water partition coefficient (Wildman–Crippen LogP) is 3.36. The van der Waals surface area contributed by atoms with E-state index in [9.17, 15) is 5.11 Å². The zero-order chi connectivity index (χ0) is 13.2. The Labute approximate surface area is 115 Å². The molecule has 0 aliphatic heterocycles. The van der Waals surface area contributed by atoms with E-state index >= 15 is 0 Å². The Morgan fingerprint density at radius 2 is 2.00 bits per heavy atom. The number of rotatable bonds is 2. The first kappa shape index (κ1) is 12.1. The molecule has 0 saturated carbocycles. The van der Waals surface area contributed by atoms with Crippen molar-refractivity contribution in [3.8, 4) is 0 Å². The van der Waals surface area contributed by atoms with Crippen LogP contribution in [0, 0.1) is 0 Å². The quantitative estimate of drug-likeness (QED) is 0.726. The summed E-state index contributed by atoms with van der Waals surface area (Å²) in [5, 5.41) is 12.9. The fourth-order valence-electron chi connectivity index (χ4n) is 2.15. The van der Waals surface area contributed by atoms with Crippen molar-refractivity contribution in [3.05, 3.63) is 71.3 Å². The number of aliphatic hydroxyl groups is 1. The van der Waals surface area contributed by atoms with Gasteiger partial charge in [-0.15, -0.1) is 0 Å². The third-order valence-corrected chi connectivity index (χ3v) is 3.28. The maximum Gasteiger partial charge on any atom is 0.129 e. The molecule has 0 aliphatic carbocycles. The van der Waals surface area contributed by atoms with Crippen LogP contribution in [0.2, 0.25) is 5.15 Å². The highest BCUT2D eigenvalue weighted by molar-refractivity contribution is 6.29. The van der Waals surface area contributed by atoms with E-state index in [0.29, 0.717) is 5.15 Å². The van der Waals surface area contributed by atoms with Crippen molar-refractivity contribution < 1.29 is 5.11 Å². The lowest BCUT2D eigenvalue weighted by Gasteiger charge is -2.14. The molecule has 0 radical (unpaired) electrons. The molecular weight excluding hydrogens is 260 g/mol. The van der Waals surface area contributed by atoms with Gasteiger partial charge < -0.3 is 5.11 Å². The van der Waals surface area contributed by atoms with Crippen molar-refractivity contribution in [2.75, 3.05) is 0 Å². The Morgan fingerprint density at radius 3 is 2.84 bits per heavy atom. The maximum atomic E-state index is 10.5. The number of hydrogen-bond donors (Lipinski definition) is 1. The summed E-state index contributed by atoms with van der Waals surface area (Å²) in [6.07, 6.45) is 4.36. The summed E-state index contributed by atoms with van der Waals surface area (Å²) < 4.78 is 0. The van der Waals surface area contributed by atoms with Crippen LogP contribution in [-0.2, 0) is 0 Å². The van der Waals surface area contributed by atoms with Crippen molar-refractivity contribution in [2.45, 2.75) is 6.10 Å². The Kier molecular flexibility index (Phi) is 3.15. The molecule has 1 unspecified atom stereocenters. The van der Waals surface area contributed by atoms with Crippen LogP contribution in [0.25, 0.3) is 10.8 Å². The van der Waals surface area contributed by atoms with Crippen LogP contribution < -0.4 is 0 Å². The lowest BCUT2D eigenvalue weighted by Crippen LogP contribution is -2.01. The summed E-state index contributed by atoms with van der Waals surface area (Å²) in [4.78, 5) is 8.01. The van der Waals surface area contributed by atoms with Crippen LogP contribution in [0.1, 0.15) is 17.2 Å². The fraction of sp³-hybridized carbons (Fsp3) is 0.0667. The third kappa shape index (κ3) is 2.30. The zero-order valence-electron chi connectivity index (χ0n) is 9.99. The molecule has 1 aromatic carbocycles. The number of halogens is 1. The minimum Gasteiger partial charge on any atom is -0.384 e. The molecule has 2 aromatic heterocycles. The second-order valence-corrected chi connectivity index (χ2v) is 4.65. The zero-order valence-corrected chi connectivity index (χ0v) is 10.7. The fourth-order valence-corrected chi connectivity index (χ4v) is 2.34. The van der Waals surface area contributed by atoms with Gasteiger partial charge >= 0.3 is 0 Å². The standard InChI is InChI=1S/C15H11ClN2O/c16-14-8-10(4-7-18-14)15(19)13-3-1-2-11-9-17-6-5-12(11)13/h1-9,15,19H. The first-order chi connectivity index (χ1) is 9.25. The van der Waals surface area contributed by atoms with E-state index in [1.165, 1.54) is 0 Å². The first-order valence-corrected chi connectivity index (χ1v) is 6.25. The van der Waals surface area contributed by atoms with E-state index in [4.69, 9.17) is 11.6 Å². The minimum absolute atomic E-state index is 0.374. The summed E-state index contributed by atoms with van der Waals surface area (Å²) in [6.45, 7) is 0. The van der Waals surface area contributed by atoms with Crippen molar-refractivity contribution in [2.24, 2.45) is 0 Å². The molecule has 0 spiro atoms. The molecule has 0 amide bonds. The molecule has 0 saturated heterocycles. The topological polar surface area (TPSA) is 46.0 Å². The molecule has 3 rings (SSSR count). The van der Waals surface area contributed by atoms with E-state index in [1.807, 2.05) is 24.3 Å². The average molecular weight is 271 g/mol. The van der Waals surface area contributed by atoms with Gasteiger partial charge in [0, 0.05) is 24.0 Å². The van der Waals surface area contributed by atoms with Crippen LogP contribution >= 0.6 is 11.6 Å². The van der Waals surface area contributed by atoms with E-state index in [-0.39, 0.29) is 0 Å². The number of aliphatic hydroxyl groups excluding tert-OH is 1. The molecule has 0 fully saturated rings. The third-order valence-electron chi connectivity index (χ3n) is 3.08. The van der Waals surface area contributed by atoms with Crippen LogP contribution in [0.4, 0.5) is 0 Å². The van der Waals surface area contributed by atoms with Crippen LogP contribution in [0.3, 0.4) is 0 Å². The molecule has 0 bridgehead atoms. The van der Waals surface area contributed by atoms with Gasteiger partial charge in [-0.3, -0.25) is 4.98 Å². The minimum atomic E-state index is -0.730. The van der Waals surface area contributed by atoms with Gasteiger partial charge in [0.25, 0.3) is 0 Å². The lowest BCUT2D eigenvalue weighted by atomic mass is 9.97. The Bertz CT molecular complexity index is 725. The summed E-state index contributed by atoms with van der Waals surface area (Å²) in [5.74, 6) is 0. The largest absolute Gasteiger partial charge is 0.384 e. The normalized spacial score (nSPS) is 12.5. The number of pyridine rings is 2. The number of hydrogen-bond acceptors (Lipinski definition) is 3. The number of benzene rings is 1. The van der Waals surface area contributed by atoms with Gasteiger partial charge in [0.15, 0.2) is 0 Å². The Hall–Kier alpha value is -1.97. The molecular formula is C15H11ClN2O. The highest BCUT2D eigenvalue weighted by atomic mass is 35.5. The number of fused-ring (bicyclic) bond motifs is 1. The second kappa shape index (κ2) is 4.96. The summed E-state index contributed by atoms with van der Waals surface area (Å²) in [5.41, 5.74) is 1.56. The van der Waals surface area contributed by atoms with Crippen LogP contribution in [0.15, 0.2) is 55.0 Å². The van der Waals surface area contributed by atoms with E-state index in [2.05, 4.69) is 9.97 Å². The smallest absolute Gasteiger partial charge is 0.129 e. The van der Waals surface area contributed by atoms with Crippen molar-refractivity contribution in [1.82, 2.24) is 9.97 Å². The average Bonchev–Trinajstić information content (AvgIpc) is 2.46. The van der Waals surface area contributed by atoms with Gasteiger partial charge in [0.1, 0.15) is 11.3 Å². The Balaban J connectivity index is 2.14. The van der Waals surface area contributed by atoms with E-state index in [0.717, 1.165) is 21.9 Å².